The van der Waals surface area contributed by atoms with Gasteiger partial charge >= 0.3 is 0 Å². The zero-order chi connectivity index (χ0) is 25.6. The van der Waals surface area contributed by atoms with Gasteiger partial charge in [-0.05, 0) is 117 Å². The molecule has 6 heteroatoms. The van der Waals surface area contributed by atoms with Crippen molar-refractivity contribution >= 4 is 9.84 Å². The number of hydrogen-bond donors (Lipinski definition) is 0. The molecule has 1 fully saturated rings. The van der Waals surface area contributed by atoms with E-state index in [0.29, 0.717) is 23.7 Å². The lowest BCUT2D eigenvalue weighted by atomic mass is 9.57. The van der Waals surface area contributed by atoms with Gasteiger partial charge in [-0.15, -0.1) is 0 Å². The lowest BCUT2D eigenvalue weighted by Crippen LogP contribution is -2.48. The SMILES string of the molecule is Cc1ccc(S(=O)(=O)[C@H]2CCC3Cc4c(ccn4-c4ccc(F)cc4)C[C@]3(Cc3ccccn3)C2)cc1. The minimum atomic E-state index is -3.44. The van der Waals surface area contributed by atoms with Gasteiger partial charge in [-0.25, -0.2) is 12.8 Å². The van der Waals surface area contributed by atoms with Crippen molar-refractivity contribution in [2.75, 3.05) is 0 Å². The smallest absolute Gasteiger partial charge is 0.181 e. The molecule has 6 rings (SSSR count). The average Bonchev–Trinajstić information content (AvgIpc) is 3.30. The topological polar surface area (TPSA) is 52.0 Å². The minimum Gasteiger partial charge on any atom is -0.321 e. The third kappa shape index (κ3) is 4.42. The molecule has 1 unspecified atom stereocenters. The molecule has 0 amide bonds. The predicted molar refractivity (Wildman–Crippen MR) is 143 cm³/mol. The standard InChI is InChI=1S/C31H31FN2O2S/c1-22-5-12-28(13-6-22)37(35,36)29-14-7-24-18-30-23(15-17-34(30)27-10-8-25(32)9-11-27)19-31(24,21-29)20-26-4-2-3-16-33-26/h2-6,8-13,15-17,24,29H,7,14,18-21H2,1H3/t24?,29-,31-/m0/s1. The van der Waals surface area contributed by atoms with Crippen LogP contribution in [0.15, 0.2) is 90.1 Å². The molecule has 2 aliphatic carbocycles. The summed E-state index contributed by atoms with van der Waals surface area (Å²) in [6.07, 6.45) is 8.51. The minimum absolute atomic E-state index is 0.184. The van der Waals surface area contributed by atoms with Crippen LogP contribution in [-0.4, -0.2) is 23.2 Å². The Morgan fingerprint density at radius 2 is 1.78 bits per heavy atom. The van der Waals surface area contributed by atoms with Crippen molar-refractivity contribution < 1.29 is 12.8 Å². The van der Waals surface area contributed by atoms with Gasteiger partial charge in [-0.3, -0.25) is 4.98 Å². The first-order chi connectivity index (χ1) is 17.8. The van der Waals surface area contributed by atoms with Crippen LogP contribution < -0.4 is 0 Å². The molecule has 2 aromatic heterocycles. The molecule has 2 aliphatic rings. The summed E-state index contributed by atoms with van der Waals surface area (Å²) in [5.74, 6) is 0.104. The summed E-state index contributed by atoms with van der Waals surface area (Å²) in [7, 11) is -3.44. The first-order valence-corrected chi connectivity index (χ1v) is 14.5. The number of rotatable bonds is 5. The Morgan fingerprint density at radius 3 is 2.51 bits per heavy atom. The maximum atomic E-state index is 13.8. The summed E-state index contributed by atoms with van der Waals surface area (Å²) >= 11 is 0. The molecule has 0 aliphatic heterocycles. The van der Waals surface area contributed by atoms with Crippen molar-refractivity contribution in [1.82, 2.24) is 9.55 Å². The molecule has 190 valence electrons. The summed E-state index contributed by atoms with van der Waals surface area (Å²) in [4.78, 5) is 5.07. The molecule has 0 spiro atoms. The molecule has 4 aromatic rings. The number of benzene rings is 2. The highest BCUT2D eigenvalue weighted by Gasteiger charge is 2.50. The van der Waals surface area contributed by atoms with Gasteiger partial charge in [0.05, 0.1) is 10.1 Å². The van der Waals surface area contributed by atoms with Gasteiger partial charge in [-0.1, -0.05) is 23.8 Å². The van der Waals surface area contributed by atoms with Crippen molar-refractivity contribution in [1.29, 1.82) is 0 Å². The largest absolute Gasteiger partial charge is 0.321 e. The average molecular weight is 515 g/mol. The van der Waals surface area contributed by atoms with E-state index >= 15 is 0 Å². The van der Waals surface area contributed by atoms with E-state index < -0.39 is 15.1 Å². The molecular formula is C31H31FN2O2S. The molecular weight excluding hydrogens is 483 g/mol. The molecule has 1 saturated carbocycles. The Bertz CT molecular complexity index is 1510. The summed E-state index contributed by atoms with van der Waals surface area (Å²) < 4.78 is 43.3. The van der Waals surface area contributed by atoms with Gasteiger partial charge in [0.15, 0.2) is 9.84 Å². The maximum absolute atomic E-state index is 13.8. The van der Waals surface area contributed by atoms with E-state index in [0.717, 1.165) is 42.6 Å². The lowest BCUT2D eigenvalue weighted by molar-refractivity contribution is 0.0815. The number of halogens is 1. The molecule has 0 N–H and O–H groups in total. The second-order valence-electron chi connectivity index (χ2n) is 10.8. The Hall–Kier alpha value is -3.25. The quantitative estimate of drug-likeness (QED) is 0.315. The van der Waals surface area contributed by atoms with E-state index in [1.54, 1.807) is 12.1 Å². The Balaban J connectivity index is 1.38. The number of aryl methyl sites for hydroxylation is 1. The van der Waals surface area contributed by atoms with E-state index in [1.165, 1.54) is 23.4 Å². The van der Waals surface area contributed by atoms with Crippen molar-refractivity contribution in [3.05, 3.63) is 114 Å². The van der Waals surface area contributed by atoms with E-state index in [4.69, 9.17) is 0 Å². The van der Waals surface area contributed by atoms with Crippen molar-refractivity contribution in [3.8, 4) is 5.69 Å². The predicted octanol–water partition coefficient (Wildman–Crippen LogP) is 6.29. The highest BCUT2D eigenvalue weighted by molar-refractivity contribution is 7.92. The van der Waals surface area contributed by atoms with Gasteiger partial charge in [0.25, 0.3) is 0 Å². The number of sulfone groups is 1. The summed E-state index contributed by atoms with van der Waals surface area (Å²) in [5, 5.41) is -0.407. The fraction of sp³-hybridized carbons (Fsp3) is 0.323. The Kier molecular flexibility index (Phi) is 6.03. The number of hydrogen-bond acceptors (Lipinski definition) is 3. The molecule has 37 heavy (non-hydrogen) atoms. The highest BCUT2D eigenvalue weighted by Crippen LogP contribution is 2.53. The third-order valence-electron chi connectivity index (χ3n) is 8.56. The molecule has 2 aromatic carbocycles. The fourth-order valence-corrected chi connectivity index (χ4v) is 8.53. The van der Waals surface area contributed by atoms with Crippen molar-refractivity contribution in [3.63, 3.8) is 0 Å². The second-order valence-corrected chi connectivity index (χ2v) is 13.1. The zero-order valence-corrected chi connectivity index (χ0v) is 21.8. The Morgan fingerprint density at radius 1 is 1.00 bits per heavy atom. The van der Waals surface area contributed by atoms with Crippen LogP contribution in [0.25, 0.3) is 5.69 Å². The third-order valence-corrected chi connectivity index (χ3v) is 10.8. The van der Waals surface area contributed by atoms with Crippen LogP contribution in [-0.2, 0) is 29.1 Å². The second kappa shape index (κ2) is 9.25. The Labute approximate surface area is 218 Å². The van der Waals surface area contributed by atoms with E-state index in [1.807, 2.05) is 49.5 Å². The van der Waals surface area contributed by atoms with Crippen LogP contribution in [0.3, 0.4) is 0 Å². The van der Waals surface area contributed by atoms with Gasteiger partial charge < -0.3 is 4.57 Å². The summed E-state index contributed by atoms with van der Waals surface area (Å²) in [5.41, 5.74) is 5.35. The van der Waals surface area contributed by atoms with E-state index in [9.17, 15) is 12.8 Å². The van der Waals surface area contributed by atoms with Crippen LogP contribution in [0.2, 0.25) is 0 Å². The molecule has 0 bridgehead atoms. The zero-order valence-electron chi connectivity index (χ0n) is 21.0. The maximum Gasteiger partial charge on any atom is 0.181 e. The lowest BCUT2D eigenvalue weighted by Gasteiger charge is -2.50. The summed E-state index contributed by atoms with van der Waals surface area (Å²) in [6.45, 7) is 1.97. The molecule has 3 atom stereocenters. The van der Waals surface area contributed by atoms with Crippen LogP contribution >= 0.6 is 0 Å². The fourth-order valence-electron chi connectivity index (χ4n) is 6.63. The first kappa shape index (κ1) is 24.1. The van der Waals surface area contributed by atoms with Gasteiger partial charge in [0.2, 0.25) is 0 Å². The van der Waals surface area contributed by atoms with Gasteiger partial charge in [0, 0.05) is 29.5 Å². The highest BCUT2D eigenvalue weighted by atomic mass is 32.2. The number of fused-ring (bicyclic) bond motifs is 2. The van der Waals surface area contributed by atoms with Crippen LogP contribution in [0.1, 0.15) is 41.8 Å². The van der Waals surface area contributed by atoms with Crippen LogP contribution in [0.4, 0.5) is 4.39 Å². The first-order valence-electron chi connectivity index (χ1n) is 13.0. The number of nitrogens with zero attached hydrogens (tertiary/aromatic N) is 2. The molecule has 0 saturated heterocycles. The summed E-state index contributed by atoms with van der Waals surface area (Å²) in [6, 6.07) is 22.0. The number of pyridine rings is 1. The molecule has 4 nitrogen and oxygen atoms in total. The van der Waals surface area contributed by atoms with Crippen LogP contribution in [0, 0.1) is 24.1 Å². The molecule has 0 radical (unpaired) electrons. The van der Waals surface area contributed by atoms with E-state index in [-0.39, 0.29) is 11.2 Å². The number of aromatic nitrogens is 2. The van der Waals surface area contributed by atoms with Gasteiger partial charge in [-0.2, -0.15) is 0 Å². The normalized spacial score (nSPS) is 23.3. The van der Waals surface area contributed by atoms with E-state index in [2.05, 4.69) is 27.9 Å². The van der Waals surface area contributed by atoms with Crippen LogP contribution in [0.5, 0.6) is 0 Å². The molecule has 2 heterocycles. The van der Waals surface area contributed by atoms with Gasteiger partial charge in [0.1, 0.15) is 5.82 Å². The van der Waals surface area contributed by atoms with Crippen molar-refractivity contribution in [2.45, 2.75) is 55.6 Å². The monoisotopic (exact) mass is 514 g/mol. The van der Waals surface area contributed by atoms with Crippen molar-refractivity contribution in [2.24, 2.45) is 11.3 Å².